The number of hydrogen-bond donors (Lipinski definition) is 15. The number of carboxylic acid groups (broad SMARTS) is 1. The summed E-state index contributed by atoms with van der Waals surface area (Å²) in [5.74, 6) is -12.6. The maximum absolute atomic E-state index is 14.1. The molecule has 0 aliphatic carbocycles. The van der Waals surface area contributed by atoms with Crippen LogP contribution in [0, 0.1) is 5.92 Å². The summed E-state index contributed by atoms with van der Waals surface area (Å²) in [4.78, 5) is 146. The normalized spacial score (nSPS) is 23.9. The van der Waals surface area contributed by atoms with E-state index in [9.17, 15) is 78.3 Å². The number of aliphatic hydroxyl groups is 3. The van der Waals surface area contributed by atoms with Crippen LogP contribution in [0.4, 0.5) is 0 Å². The molecule has 0 aromatic heterocycles. The molecule has 9 atom stereocenters. The van der Waals surface area contributed by atoms with E-state index in [0.717, 1.165) is 45.4 Å². The van der Waals surface area contributed by atoms with Crippen LogP contribution in [-0.4, -0.2) is 158 Å². The van der Waals surface area contributed by atoms with Crippen molar-refractivity contribution < 1.29 is 78.3 Å². The van der Waals surface area contributed by atoms with Crippen LogP contribution in [0.5, 0.6) is 5.75 Å². The highest BCUT2D eigenvalue weighted by atomic mass is 16.4. The predicted molar refractivity (Wildman–Crippen MR) is 259 cm³/mol. The number of aliphatic carboxylic acids is 1. The number of unbranched alkanes of at least 4 members (excludes halogenated alkanes) is 6. The van der Waals surface area contributed by atoms with Crippen molar-refractivity contribution in [2.24, 2.45) is 17.4 Å². The molecule has 73 heavy (non-hydrogen) atoms. The Balaban J connectivity index is 2.69. The molecule has 26 nitrogen and oxygen atoms in total. The van der Waals surface area contributed by atoms with Crippen LogP contribution in [0.25, 0.3) is 0 Å². The van der Waals surface area contributed by atoms with Gasteiger partial charge in [0, 0.05) is 25.3 Å². The van der Waals surface area contributed by atoms with Gasteiger partial charge in [-0.1, -0.05) is 77.3 Å². The Morgan fingerprint density at radius 2 is 1.00 bits per heavy atom. The van der Waals surface area contributed by atoms with E-state index in [4.69, 9.17) is 11.5 Å². The molecule has 1 aliphatic rings. The zero-order valence-electron chi connectivity index (χ0n) is 41.5. The minimum Gasteiger partial charge on any atom is -0.508 e. The van der Waals surface area contributed by atoms with Gasteiger partial charge in [0.2, 0.25) is 59.1 Å². The van der Waals surface area contributed by atoms with E-state index < -0.39 is 165 Å². The van der Waals surface area contributed by atoms with Crippen molar-refractivity contribution in [2.75, 3.05) is 13.2 Å². The quantitative estimate of drug-likeness (QED) is 0.0498. The van der Waals surface area contributed by atoms with Crippen molar-refractivity contribution in [3.63, 3.8) is 0 Å². The second-order valence-electron chi connectivity index (χ2n) is 18.5. The molecule has 0 saturated carbocycles. The molecule has 1 aromatic rings. The average molecular weight is 1040 g/mol. The van der Waals surface area contributed by atoms with Gasteiger partial charge >= 0.3 is 5.97 Å². The Kier molecular flexibility index (Phi) is 27.4. The minimum atomic E-state index is -1.98. The summed E-state index contributed by atoms with van der Waals surface area (Å²) in [7, 11) is 0. The third-order valence-corrected chi connectivity index (χ3v) is 11.7. The molecule has 0 bridgehead atoms. The van der Waals surface area contributed by atoms with Crippen molar-refractivity contribution in [1.29, 1.82) is 0 Å². The summed E-state index contributed by atoms with van der Waals surface area (Å²) in [5.41, 5.74) is 11.2. The number of benzene rings is 1. The molecule has 9 unspecified atom stereocenters. The number of rotatable bonds is 22. The zero-order chi connectivity index (χ0) is 54.8. The number of aliphatic hydroxyl groups excluding tert-OH is 3. The standard InChI is InChI=1S/C47H74N10O16/c1-25(2)11-9-7-5-4-6-8-10-12-28-20-38(64)51-32(21-36(48)62)43(69)53-31(19-27-13-15-29(61)16-14-27)42(68)54-33(22-37(49)63)44(70)56-34(23-58)45(71)52-30(17-18-39(65)66)41(67)55-35(24-59)46(72)57-40(26(3)60)47(73)50-28/h13-16,25-26,28,30-35,40,58-61H,4-12,17-24H2,1-3H3,(H2,48,62)(H2,49,63)(H,50,73)(H,51,64)(H,52,71)(H,53,69)(H,54,68)(H,55,67)(H,56,70)(H,57,72)(H,65,66). The lowest BCUT2D eigenvalue weighted by Crippen LogP contribution is -2.62. The molecule has 0 radical (unpaired) electrons. The fraction of sp³-hybridized carbons (Fsp3) is 0.638. The number of hydrogen-bond acceptors (Lipinski definition) is 15. The highest BCUT2D eigenvalue weighted by Crippen LogP contribution is 2.16. The molecule has 1 heterocycles. The van der Waals surface area contributed by atoms with Crippen molar-refractivity contribution in [3.05, 3.63) is 29.8 Å². The van der Waals surface area contributed by atoms with Crippen LogP contribution in [0.2, 0.25) is 0 Å². The van der Waals surface area contributed by atoms with E-state index in [2.05, 4.69) is 56.4 Å². The van der Waals surface area contributed by atoms with Gasteiger partial charge in [-0.05, 0) is 43.4 Å². The Labute approximate surface area is 422 Å². The molecule has 26 heteroatoms. The van der Waals surface area contributed by atoms with Crippen molar-refractivity contribution >= 4 is 65.0 Å². The maximum atomic E-state index is 14.1. The summed E-state index contributed by atoms with van der Waals surface area (Å²) in [6.07, 6.45) is 1.62. The summed E-state index contributed by atoms with van der Waals surface area (Å²) in [6, 6.07) is -8.62. The molecule has 1 aliphatic heterocycles. The number of carbonyl (C=O) groups excluding carboxylic acids is 10. The Hall–Kier alpha value is -6.93. The van der Waals surface area contributed by atoms with Crippen LogP contribution in [0.3, 0.4) is 0 Å². The Morgan fingerprint density at radius 3 is 1.51 bits per heavy atom. The number of phenolic OH excluding ortho intramolecular Hbond substituents is 1. The smallest absolute Gasteiger partial charge is 0.303 e. The fourth-order valence-electron chi connectivity index (χ4n) is 7.66. The largest absolute Gasteiger partial charge is 0.508 e. The fourth-order valence-corrected chi connectivity index (χ4v) is 7.66. The van der Waals surface area contributed by atoms with Gasteiger partial charge in [-0.2, -0.15) is 0 Å². The number of phenols is 1. The van der Waals surface area contributed by atoms with Crippen LogP contribution in [0.15, 0.2) is 24.3 Å². The third kappa shape index (κ3) is 23.9. The summed E-state index contributed by atoms with van der Waals surface area (Å²) in [6.45, 7) is 3.12. The first-order valence-corrected chi connectivity index (χ1v) is 24.3. The molecule has 1 fully saturated rings. The number of primary amides is 2. The van der Waals surface area contributed by atoms with Gasteiger partial charge in [0.25, 0.3) is 0 Å². The predicted octanol–water partition coefficient (Wildman–Crippen LogP) is -3.64. The number of carbonyl (C=O) groups is 11. The van der Waals surface area contributed by atoms with Gasteiger partial charge in [0.15, 0.2) is 0 Å². The first-order valence-electron chi connectivity index (χ1n) is 24.3. The van der Waals surface area contributed by atoms with E-state index in [1.165, 1.54) is 24.3 Å². The minimum absolute atomic E-state index is 0.157. The van der Waals surface area contributed by atoms with Gasteiger partial charge < -0.3 is 79.5 Å². The monoisotopic (exact) mass is 1030 g/mol. The van der Waals surface area contributed by atoms with E-state index >= 15 is 0 Å². The van der Waals surface area contributed by atoms with Gasteiger partial charge in [0.1, 0.15) is 48.0 Å². The average Bonchev–Trinajstić information content (AvgIpc) is 3.30. The Morgan fingerprint density at radius 1 is 0.562 bits per heavy atom. The molecular weight excluding hydrogens is 961 g/mol. The van der Waals surface area contributed by atoms with Crippen LogP contribution in [-0.2, 0) is 59.2 Å². The lowest BCUT2D eigenvalue weighted by molar-refractivity contribution is -0.139. The van der Waals surface area contributed by atoms with Crippen molar-refractivity contribution in [1.82, 2.24) is 42.5 Å². The molecule has 0 spiro atoms. The molecule has 2 rings (SSSR count). The summed E-state index contributed by atoms with van der Waals surface area (Å²) < 4.78 is 0. The topological polar surface area (TPSA) is 437 Å². The second-order valence-corrected chi connectivity index (χ2v) is 18.5. The number of carboxylic acids is 1. The van der Waals surface area contributed by atoms with Crippen LogP contribution < -0.4 is 54.0 Å². The van der Waals surface area contributed by atoms with Gasteiger partial charge in [-0.15, -0.1) is 0 Å². The molecule has 17 N–H and O–H groups in total. The lowest BCUT2D eigenvalue weighted by atomic mass is 10.0. The number of aromatic hydroxyl groups is 1. The molecule has 10 amide bonds. The Bertz CT molecular complexity index is 2060. The molecular formula is C47H74N10O16. The number of nitrogens with two attached hydrogens (primary N) is 2. The highest BCUT2D eigenvalue weighted by Gasteiger charge is 2.36. The molecule has 408 valence electrons. The number of nitrogens with one attached hydrogen (secondary N) is 8. The summed E-state index contributed by atoms with van der Waals surface area (Å²) in [5, 5.41) is 68.6. The lowest BCUT2D eigenvalue weighted by Gasteiger charge is -2.28. The SMILES string of the molecule is CC(C)CCCCCCCCCC1CC(=O)NC(CC(N)=O)C(=O)NC(Cc2ccc(O)cc2)C(=O)NC(CC(N)=O)C(=O)NC(CO)C(=O)NC(CCC(=O)O)C(=O)NC(CO)C(=O)NC(C(C)O)C(=O)N1. The molecule has 1 saturated heterocycles. The zero-order valence-corrected chi connectivity index (χ0v) is 41.5. The van der Waals surface area contributed by atoms with E-state index in [0.29, 0.717) is 24.3 Å². The first kappa shape index (κ1) is 62.2. The van der Waals surface area contributed by atoms with Gasteiger partial charge in [0.05, 0.1) is 32.2 Å². The van der Waals surface area contributed by atoms with Crippen LogP contribution in [0.1, 0.15) is 116 Å². The maximum Gasteiger partial charge on any atom is 0.303 e. The third-order valence-electron chi connectivity index (χ3n) is 11.7. The van der Waals surface area contributed by atoms with Crippen molar-refractivity contribution in [3.8, 4) is 5.75 Å². The first-order chi connectivity index (χ1) is 34.4. The number of amides is 10. The highest BCUT2D eigenvalue weighted by molar-refractivity contribution is 5.99. The van der Waals surface area contributed by atoms with E-state index in [1.54, 1.807) is 0 Å². The van der Waals surface area contributed by atoms with Crippen molar-refractivity contribution in [2.45, 2.75) is 172 Å². The van der Waals surface area contributed by atoms with Gasteiger partial charge in [-0.3, -0.25) is 52.7 Å². The molecule has 1 aromatic carbocycles. The van der Waals surface area contributed by atoms with Gasteiger partial charge in [-0.25, -0.2) is 0 Å². The van der Waals surface area contributed by atoms with E-state index in [1.807, 2.05) is 0 Å². The van der Waals surface area contributed by atoms with E-state index in [-0.39, 0.29) is 18.6 Å². The second kappa shape index (κ2) is 32.2. The van der Waals surface area contributed by atoms with Crippen LogP contribution >= 0.6 is 0 Å². The summed E-state index contributed by atoms with van der Waals surface area (Å²) >= 11 is 0.